The first kappa shape index (κ1) is 16.5. The van der Waals surface area contributed by atoms with Gasteiger partial charge in [-0.25, -0.2) is 4.79 Å². The monoisotopic (exact) mass is 329 g/mol. The van der Waals surface area contributed by atoms with Crippen LogP contribution in [0, 0.1) is 0 Å². The van der Waals surface area contributed by atoms with E-state index in [2.05, 4.69) is 20.6 Å². The summed E-state index contributed by atoms with van der Waals surface area (Å²) in [5.74, 6) is 0.542. The van der Waals surface area contributed by atoms with Crippen LogP contribution in [0.2, 0.25) is 0 Å². The Bertz CT molecular complexity index is 665. The summed E-state index contributed by atoms with van der Waals surface area (Å²) < 4.78 is 7.07. The summed E-state index contributed by atoms with van der Waals surface area (Å²) in [6, 6.07) is 11.6. The molecule has 1 aromatic carbocycles. The van der Waals surface area contributed by atoms with E-state index < -0.39 is 0 Å². The van der Waals surface area contributed by atoms with E-state index in [0.717, 1.165) is 44.1 Å². The second kappa shape index (κ2) is 7.94. The first-order valence-corrected chi connectivity index (χ1v) is 8.17. The topological polar surface area (TPSA) is 71.4 Å². The lowest BCUT2D eigenvalue weighted by molar-refractivity contribution is 0.0388. The maximum atomic E-state index is 12.0. The maximum Gasteiger partial charge on any atom is 0.320 e. The zero-order chi connectivity index (χ0) is 16.8. The molecule has 0 saturated carbocycles. The number of anilines is 1. The predicted molar refractivity (Wildman–Crippen MR) is 92.9 cm³/mol. The molecular weight excluding hydrogens is 306 g/mol. The Labute approximate surface area is 141 Å². The standard InChI is InChI=1S/C17H23N5O2/c1-21-15(14-5-3-2-4-6-14)13-16(20-21)19-17(23)18-7-8-22-9-11-24-12-10-22/h2-6,13H,7-12H2,1H3,(H2,18,19,20,23). The first-order chi connectivity index (χ1) is 11.7. The van der Waals surface area contributed by atoms with Crippen molar-refractivity contribution in [1.82, 2.24) is 20.0 Å². The van der Waals surface area contributed by atoms with Crippen molar-refractivity contribution in [3.05, 3.63) is 36.4 Å². The minimum absolute atomic E-state index is 0.235. The molecule has 0 spiro atoms. The van der Waals surface area contributed by atoms with Crippen molar-refractivity contribution in [3.8, 4) is 11.3 Å². The number of rotatable bonds is 5. The quantitative estimate of drug-likeness (QED) is 0.873. The number of aromatic nitrogens is 2. The Kier molecular flexibility index (Phi) is 5.45. The molecule has 24 heavy (non-hydrogen) atoms. The lowest BCUT2D eigenvalue weighted by Crippen LogP contribution is -2.42. The molecule has 7 heteroatoms. The Morgan fingerprint density at radius 3 is 2.75 bits per heavy atom. The molecule has 1 fully saturated rings. The van der Waals surface area contributed by atoms with E-state index in [-0.39, 0.29) is 6.03 Å². The minimum atomic E-state index is -0.235. The highest BCUT2D eigenvalue weighted by molar-refractivity contribution is 5.88. The molecule has 1 aliphatic heterocycles. The van der Waals surface area contributed by atoms with E-state index >= 15 is 0 Å². The predicted octanol–water partition coefficient (Wildman–Crippen LogP) is 1.54. The largest absolute Gasteiger partial charge is 0.379 e. The molecule has 2 N–H and O–H groups in total. The fourth-order valence-corrected chi connectivity index (χ4v) is 2.72. The fourth-order valence-electron chi connectivity index (χ4n) is 2.72. The number of aryl methyl sites for hydroxylation is 1. The van der Waals surface area contributed by atoms with Gasteiger partial charge in [0.05, 0.1) is 18.9 Å². The van der Waals surface area contributed by atoms with Crippen LogP contribution in [0.4, 0.5) is 10.6 Å². The molecule has 2 heterocycles. The third-order valence-electron chi connectivity index (χ3n) is 4.01. The number of nitrogens with zero attached hydrogens (tertiary/aromatic N) is 3. The fraction of sp³-hybridized carbons (Fsp3) is 0.412. The van der Waals surface area contributed by atoms with Crippen LogP contribution in [0.1, 0.15) is 0 Å². The molecule has 1 aliphatic rings. The van der Waals surface area contributed by atoms with E-state index in [9.17, 15) is 4.79 Å². The third kappa shape index (κ3) is 4.33. The zero-order valence-corrected chi connectivity index (χ0v) is 13.9. The van der Waals surface area contributed by atoms with Gasteiger partial charge in [-0.15, -0.1) is 0 Å². The van der Waals surface area contributed by atoms with Gasteiger partial charge < -0.3 is 10.1 Å². The second-order valence-electron chi connectivity index (χ2n) is 5.74. The van der Waals surface area contributed by atoms with Crippen LogP contribution < -0.4 is 10.6 Å². The smallest absolute Gasteiger partial charge is 0.320 e. The van der Waals surface area contributed by atoms with Crippen molar-refractivity contribution in [1.29, 1.82) is 0 Å². The van der Waals surface area contributed by atoms with E-state index in [1.165, 1.54) is 0 Å². The van der Waals surface area contributed by atoms with Gasteiger partial charge in [-0.3, -0.25) is 14.9 Å². The van der Waals surface area contributed by atoms with Crippen molar-refractivity contribution in [2.24, 2.45) is 7.05 Å². The molecule has 1 aromatic heterocycles. The van der Waals surface area contributed by atoms with Crippen molar-refractivity contribution in [3.63, 3.8) is 0 Å². The van der Waals surface area contributed by atoms with Gasteiger partial charge in [0.2, 0.25) is 0 Å². The third-order valence-corrected chi connectivity index (χ3v) is 4.01. The molecular formula is C17H23N5O2. The summed E-state index contributed by atoms with van der Waals surface area (Å²) in [5.41, 5.74) is 2.02. The molecule has 0 aliphatic carbocycles. The number of hydrogen-bond acceptors (Lipinski definition) is 4. The molecule has 2 amide bonds. The maximum absolute atomic E-state index is 12.0. The molecule has 0 radical (unpaired) electrons. The van der Waals surface area contributed by atoms with Gasteiger partial charge in [0.15, 0.2) is 5.82 Å². The van der Waals surface area contributed by atoms with Gasteiger partial charge >= 0.3 is 6.03 Å². The van der Waals surface area contributed by atoms with Gasteiger partial charge in [0, 0.05) is 39.3 Å². The summed E-state index contributed by atoms with van der Waals surface area (Å²) in [7, 11) is 1.86. The summed E-state index contributed by atoms with van der Waals surface area (Å²) in [6.45, 7) is 4.80. The molecule has 1 saturated heterocycles. The van der Waals surface area contributed by atoms with Gasteiger partial charge in [-0.05, 0) is 5.56 Å². The molecule has 0 bridgehead atoms. The van der Waals surface area contributed by atoms with Crippen LogP contribution in [-0.2, 0) is 11.8 Å². The number of ether oxygens (including phenoxy) is 1. The number of amides is 2. The van der Waals surface area contributed by atoms with Crippen LogP contribution in [0.5, 0.6) is 0 Å². The lowest BCUT2D eigenvalue weighted by atomic mass is 10.1. The highest BCUT2D eigenvalue weighted by Gasteiger charge is 2.12. The van der Waals surface area contributed by atoms with Crippen molar-refractivity contribution in [2.75, 3.05) is 44.7 Å². The average molecular weight is 329 g/mol. The van der Waals surface area contributed by atoms with Crippen molar-refractivity contribution >= 4 is 11.8 Å². The Morgan fingerprint density at radius 2 is 2.00 bits per heavy atom. The van der Waals surface area contributed by atoms with Crippen molar-refractivity contribution < 1.29 is 9.53 Å². The molecule has 7 nitrogen and oxygen atoms in total. The van der Waals surface area contributed by atoms with Crippen LogP contribution in [0.3, 0.4) is 0 Å². The number of nitrogens with one attached hydrogen (secondary N) is 2. The normalized spacial score (nSPS) is 15.2. The van der Waals surface area contributed by atoms with Gasteiger partial charge in [-0.1, -0.05) is 30.3 Å². The van der Waals surface area contributed by atoms with E-state index in [4.69, 9.17) is 4.74 Å². The van der Waals surface area contributed by atoms with Crippen LogP contribution in [-0.4, -0.2) is 60.1 Å². The van der Waals surface area contributed by atoms with Gasteiger partial charge in [0.1, 0.15) is 0 Å². The summed E-state index contributed by atoms with van der Waals surface area (Å²) >= 11 is 0. The highest BCUT2D eigenvalue weighted by Crippen LogP contribution is 2.21. The molecule has 128 valence electrons. The number of hydrogen-bond donors (Lipinski definition) is 2. The number of benzene rings is 1. The minimum Gasteiger partial charge on any atom is -0.379 e. The summed E-state index contributed by atoms with van der Waals surface area (Å²) in [6.07, 6.45) is 0. The zero-order valence-electron chi connectivity index (χ0n) is 13.9. The van der Waals surface area contributed by atoms with Crippen molar-refractivity contribution in [2.45, 2.75) is 0 Å². The molecule has 3 rings (SSSR count). The van der Waals surface area contributed by atoms with Crippen LogP contribution >= 0.6 is 0 Å². The molecule has 0 atom stereocenters. The van der Waals surface area contributed by atoms with Gasteiger partial charge in [0.25, 0.3) is 0 Å². The number of morpholine rings is 1. The van der Waals surface area contributed by atoms with Crippen LogP contribution in [0.25, 0.3) is 11.3 Å². The lowest BCUT2D eigenvalue weighted by Gasteiger charge is -2.26. The number of urea groups is 1. The number of carbonyl (C=O) groups excluding carboxylic acids is 1. The SMILES string of the molecule is Cn1nc(NC(=O)NCCN2CCOCC2)cc1-c1ccccc1. The van der Waals surface area contributed by atoms with E-state index in [0.29, 0.717) is 12.4 Å². The Balaban J connectivity index is 1.49. The molecule has 0 unspecified atom stereocenters. The second-order valence-corrected chi connectivity index (χ2v) is 5.74. The summed E-state index contributed by atoms with van der Waals surface area (Å²) in [5, 5.41) is 9.99. The Morgan fingerprint density at radius 1 is 1.25 bits per heavy atom. The van der Waals surface area contributed by atoms with E-state index in [1.807, 2.05) is 43.4 Å². The molecule has 2 aromatic rings. The highest BCUT2D eigenvalue weighted by atomic mass is 16.5. The van der Waals surface area contributed by atoms with Gasteiger partial charge in [-0.2, -0.15) is 5.10 Å². The van der Waals surface area contributed by atoms with E-state index in [1.54, 1.807) is 4.68 Å². The average Bonchev–Trinajstić information content (AvgIpc) is 2.97. The van der Waals surface area contributed by atoms with Crippen LogP contribution in [0.15, 0.2) is 36.4 Å². The Hall–Kier alpha value is -2.38. The first-order valence-electron chi connectivity index (χ1n) is 8.17. The summed E-state index contributed by atoms with van der Waals surface area (Å²) in [4.78, 5) is 14.3. The number of carbonyl (C=O) groups is 1.